The van der Waals surface area contributed by atoms with Crippen molar-refractivity contribution < 1.29 is 24.3 Å². The third kappa shape index (κ3) is 13.4. The Morgan fingerprint density at radius 1 is 0.709 bits per heavy atom. The normalized spacial score (nSPS) is 13.6. The summed E-state index contributed by atoms with van der Waals surface area (Å²) in [6.45, 7) is 9.04. The Hall–Kier alpha value is -4.96. The zero-order chi connectivity index (χ0) is 39.7. The van der Waals surface area contributed by atoms with Crippen LogP contribution < -0.4 is 26.6 Å². The first-order valence-electron chi connectivity index (χ1n) is 19.9. The van der Waals surface area contributed by atoms with Gasteiger partial charge in [-0.3, -0.25) is 14.4 Å². The molecule has 0 bridgehead atoms. The maximum absolute atomic E-state index is 14.6. The van der Waals surface area contributed by atoms with Crippen LogP contribution in [0.5, 0.6) is 0 Å². The van der Waals surface area contributed by atoms with Gasteiger partial charge in [-0.2, -0.15) is 0 Å². The first-order valence-corrected chi connectivity index (χ1v) is 19.9. The maximum atomic E-state index is 14.6. The Kier molecular flexibility index (Phi) is 17.0. The molecule has 4 rings (SSSR count). The highest BCUT2D eigenvalue weighted by molar-refractivity contribution is 5.91. The van der Waals surface area contributed by atoms with Crippen molar-refractivity contribution in [3.05, 3.63) is 96.1 Å². The van der Waals surface area contributed by atoms with Crippen LogP contribution in [0.4, 0.5) is 4.79 Å². The quantitative estimate of drug-likeness (QED) is 0.0544. The molecule has 4 aromatic carbocycles. The topological polar surface area (TPSA) is 149 Å². The minimum Gasteiger partial charge on any atom is -0.390 e. The van der Waals surface area contributed by atoms with Crippen molar-refractivity contribution in [1.29, 1.82) is 0 Å². The van der Waals surface area contributed by atoms with Crippen molar-refractivity contribution in [2.75, 3.05) is 20.1 Å². The van der Waals surface area contributed by atoms with Crippen LogP contribution in [0.3, 0.4) is 0 Å². The van der Waals surface area contributed by atoms with Crippen molar-refractivity contribution in [1.82, 2.24) is 26.6 Å². The summed E-state index contributed by atoms with van der Waals surface area (Å²) in [6, 6.07) is 26.7. The summed E-state index contributed by atoms with van der Waals surface area (Å²) in [4.78, 5) is 53.3. The van der Waals surface area contributed by atoms with E-state index in [0.29, 0.717) is 57.5 Å². The fraction of sp³-hybridized carbons (Fsp3) is 0.467. The molecule has 5 amide bonds. The predicted molar refractivity (Wildman–Crippen MR) is 222 cm³/mol. The lowest BCUT2D eigenvalue weighted by molar-refractivity contribution is -0.132. The number of benzene rings is 4. The van der Waals surface area contributed by atoms with Gasteiger partial charge in [0.1, 0.15) is 6.04 Å². The number of carbonyl (C=O) groups excluding carboxylic acids is 4. The maximum Gasteiger partial charge on any atom is 0.314 e. The number of amides is 5. The zero-order valence-corrected chi connectivity index (χ0v) is 33.2. The average Bonchev–Trinajstić information content (AvgIpc) is 3.18. The SMILES string of the molecule is CC[C@H](C)CNC(=O)C[C@H](O)[C@H](CC(C)C)NC(=O)[C@H](CCCCNC(=O)NC)NC(=O)C(Cc1cccc2ccccc12)Cc1cccc2ccccc12. The number of hydrogen-bond acceptors (Lipinski definition) is 5. The van der Waals surface area contributed by atoms with Crippen LogP contribution >= 0.6 is 0 Å². The highest BCUT2D eigenvalue weighted by atomic mass is 16.3. The molecule has 0 saturated carbocycles. The van der Waals surface area contributed by atoms with Gasteiger partial charge in [0.2, 0.25) is 17.7 Å². The molecule has 6 N–H and O–H groups in total. The molecule has 0 aromatic heterocycles. The molecule has 0 heterocycles. The molecular formula is C45H61N5O5. The highest BCUT2D eigenvalue weighted by Crippen LogP contribution is 2.27. The molecule has 55 heavy (non-hydrogen) atoms. The van der Waals surface area contributed by atoms with E-state index in [4.69, 9.17) is 0 Å². The fourth-order valence-corrected chi connectivity index (χ4v) is 6.99. The second-order valence-corrected chi connectivity index (χ2v) is 15.3. The predicted octanol–water partition coefficient (Wildman–Crippen LogP) is 6.42. The van der Waals surface area contributed by atoms with E-state index >= 15 is 0 Å². The Labute approximate surface area is 326 Å². The van der Waals surface area contributed by atoms with E-state index < -0.39 is 30.0 Å². The lowest BCUT2D eigenvalue weighted by atomic mass is 9.87. The van der Waals surface area contributed by atoms with Crippen molar-refractivity contribution >= 4 is 45.3 Å². The van der Waals surface area contributed by atoms with Gasteiger partial charge in [0.15, 0.2) is 0 Å². The molecule has 0 unspecified atom stereocenters. The largest absolute Gasteiger partial charge is 0.390 e. The highest BCUT2D eigenvalue weighted by Gasteiger charge is 2.31. The Bertz CT molecular complexity index is 1770. The number of rotatable bonds is 21. The van der Waals surface area contributed by atoms with Gasteiger partial charge in [0.25, 0.3) is 0 Å². The van der Waals surface area contributed by atoms with Crippen molar-refractivity contribution in [2.24, 2.45) is 17.8 Å². The number of aliphatic hydroxyl groups is 1. The molecule has 0 saturated heterocycles. The molecule has 0 aliphatic rings. The Balaban J connectivity index is 1.60. The van der Waals surface area contributed by atoms with E-state index in [2.05, 4.69) is 89.0 Å². The molecular weight excluding hydrogens is 691 g/mol. The van der Waals surface area contributed by atoms with E-state index in [-0.39, 0.29) is 30.2 Å². The molecule has 0 radical (unpaired) electrons. The molecule has 0 aliphatic carbocycles. The number of fused-ring (bicyclic) bond motifs is 2. The van der Waals surface area contributed by atoms with Crippen LogP contribution in [0.25, 0.3) is 21.5 Å². The van der Waals surface area contributed by atoms with Gasteiger partial charge in [0.05, 0.1) is 18.6 Å². The molecule has 0 aliphatic heterocycles. The number of carbonyl (C=O) groups is 4. The van der Waals surface area contributed by atoms with Crippen LogP contribution in [0.1, 0.15) is 77.3 Å². The third-order valence-corrected chi connectivity index (χ3v) is 10.4. The summed E-state index contributed by atoms with van der Waals surface area (Å²) in [5.74, 6) is -0.991. The number of hydrogen-bond donors (Lipinski definition) is 6. The number of unbranched alkanes of at least 4 members (excludes halogenated alkanes) is 1. The van der Waals surface area contributed by atoms with Crippen LogP contribution in [-0.2, 0) is 27.2 Å². The number of nitrogens with one attached hydrogen (secondary N) is 5. The summed E-state index contributed by atoms with van der Waals surface area (Å²) in [6.07, 6.45) is 2.51. The zero-order valence-electron chi connectivity index (χ0n) is 33.2. The molecule has 10 nitrogen and oxygen atoms in total. The lowest BCUT2D eigenvalue weighted by Gasteiger charge is -2.29. The summed E-state index contributed by atoms with van der Waals surface area (Å²) in [5, 5.41) is 30.0. The molecule has 10 heteroatoms. The summed E-state index contributed by atoms with van der Waals surface area (Å²) < 4.78 is 0. The molecule has 4 atom stereocenters. The first-order chi connectivity index (χ1) is 26.5. The Morgan fingerprint density at radius 2 is 1.29 bits per heavy atom. The van der Waals surface area contributed by atoms with E-state index in [1.165, 1.54) is 0 Å². The standard InChI is InChI=1S/C45H61N5O5/c1-6-31(4)29-48-42(52)28-41(51)40(25-30(2)3)50-44(54)39(23-11-12-24-47-45(55)46-5)49-43(53)36(26-34-19-13-17-32-15-7-9-21-37(32)34)27-35-20-14-18-33-16-8-10-22-38(33)35/h7-10,13-22,30-31,36,39-41,51H,6,11-12,23-29H2,1-5H3,(H,48,52)(H,49,53)(H,50,54)(H2,46,47,55)/t31-,39-,40-,41-/m0/s1. The van der Waals surface area contributed by atoms with E-state index in [0.717, 1.165) is 39.1 Å². The molecule has 0 fully saturated rings. The summed E-state index contributed by atoms with van der Waals surface area (Å²) >= 11 is 0. The van der Waals surface area contributed by atoms with Gasteiger partial charge in [0, 0.05) is 26.1 Å². The minimum absolute atomic E-state index is 0.123. The van der Waals surface area contributed by atoms with E-state index in [9.17, 15) is 24.3 Å². The minimum atomic E-state index is -1.11. The Morgan fingerprint density at radius 3 is 1.85 bits per heavy atom. The van der Waals surface area contributed by atoms with Gasteiger partial charge < -0.3 is 31.7 Å². The smallest absolute Gasteiger partial charge is 0.314 e. The second-order valence-electron chi connectivity index (χ2n) is 15.3. The first kappa shape index (κ1) is 42.8. The van der Waals surface area contributed by atoms with Crippen molar-refractivity contribution in [2.45, 2.75) is 97.2 Å². The lowest BCUT2D eigenvalue weighted by Crippen LogP contribution is -2.54. The van der Waals surface area contributed by atoms with Crippen molar-refractivity contribution in [3.8, 4) is 0 Å². The van der Waals surface area contributed by atoms with Crippen LogP contribution in [0.2, 0.25) is 0 Å². The number of aliphatic hydroxyl groups excluding tert-OH is 1. The fourth-order valence-electron chi connectivity index (χ4n) is 6.99. The van der Waals surface area contributed by atoms with E-state index in [1.54, 1.807) is 7.05 Å². The third-order valence-electron chi connectivity index (χ3n) is 10.4. The van der Waals surface area contributed by atoms with Crippen molar-refractivity contribution in [3.63, 3.8) is 0 Å². The van der Waals surface area contributed by atoms with Gasteiger partial charge in [-0.1, -0.05) is 119 Å². The second kappa shape index (κ2) is 21.8. The van der Waals surface area contributed by atoms with E-state index in [1.807, 2.05) is 50.2 Å². The van der Waals surface area contributed by atoms with Crippen LogP contribution in [0.15, 0.2) is 84.9 Å². The van der Waals surface area contributed by atoms with Gasteiger partial charge in [-0.15, -0.1) is 0 Å². The van der Waals surface area contributed by atoms with Crippen LogP contribution in [0, 0.1) is 17.8 Å². The van der Waals surface area contributed by atoms with Gasteiger partial charge in [-0.25, -0.2) is 4.79 Å². The number of urea groups is 1. The average molecular weight is 752 g/mol. The summed E-state index contributed by atoms with van der Waals surface area (Å²) in [5.41, 5.74) is 2.10. The summed E-state index contributed by atoms with van der Waals surface area (Å²) in [7, 11) is 1.55. The molecule has 0 spiro atoms. The monoisotopic (exact) mass is 751 g/mol. The molecule has 296 valence electrons. The van der Waals surface area contributed by atoms with Gasteiger partial charge in [-0.05, 0) is 83.0 Å². The molecule has 4 aromatic rings. The van der Waals surface area contributed by atoms with Crippen LogP contribution in [-0.4, -0.2) is 67.2 Å². The van der Waals surface area contributed by atoms with Gasteiger partial charge >= 0.3 is 6.03 Å².